The van der Waals surface area contributed by atoms with Crippen molar-refractivity contribution in [3.8, 4) is 11.5 Å². The summed E-state index contributed by atoms with van der Waals surface area (Å²) < 4.78 is 10.3. The van der Waals surface area contributed by atoms with Gasteiger partial charge in [0.2, 0.25) is 11.8 Å². The molecular weight excluding hydrogens is 488 g/mol. The number of nitrogen functional groups attached to an aromatic ring is 1. The first-order valence-electron chi connectivity index (χ1n) is 10.4. The molecule has 0 aliphatic heterocycles. The third-order valence-corrected chi connectivity index (χ3v) is 5.49. The zero-order chi connectivity index (χ0) is 26.2. The molecule has 0 fully saturated rings. The third-order valence-electron chi connectivity index (χ3n) is 4.62. The topological polar surface area (TPSA) is 178 Å². The van der Waals surface area contributed by atoms with Crippen molar-refractivity contribution < 1.29 is 23.9 Å². The smallest absolute Gasteiger partial charge is 0.277 e. The Kier molecular flexibility index (Phi) is 8.52. The van der Waals surface area contributed by atoms with E-state index in [2.05, 4.69) is 25.9 Å². The minimum absolute atomic E-state index is 0.0793. The van der Waals surface area contributed by atoms with E-state index in [0.717, 1.165) is 11.8 Å². The highest BCUT2D eigenvalue weighted by molar-refractivity contribution is 7.99. The predicted molar refractivity (Wildman–Crippen MR) is 137 cm³/mol. The summed E-state index contributed by atoms with van der Waals surface area (Å²) in [6.07, 6.45) is 0. The van der Waals surface area contributed by atoms with Gasteiger partial charge in [-0.15, -0.1) is 0 Å². The number of nitrogens with two attached hydrogens (primary N) is 1. The van der Waals surface area contributed by atoms with Gasteiger partial charge < -0.3 is 31.2 Å². The second kappa shape index (κ2) is 11.8. The summed E-state index contributed by atoms with van der Waals surface area (Å²) in [6, 6.07) is 11.2. The van der Waals surface area contributed by atoms with E-state index in [1.54, 1.807) is 30.3 Å². The predicted octanol–water partition coefficient (Wildman–Crippen LogP) is 2.31. The summed E-state index contributed by atoms with van der Waals surface area (Å²) in [5, 5.41) is 7.86. The number of aromatic nitrogens is 2. The lowest BCUT2D eigenvalue weighted by molar-refractivity contribution is -0.114. The fourth-order valence-electron chi connectivity index (χ4n) is 3.03. The number of hydrogen-bond donors (Lipinski definition) is 5. The fourth-order valence-corrected chi connectivity index (χ4v) is 3.70. The largest absolute Gasteiger partial charge is 0.493 e. The maximum Gasteiger partial charge on any atom is 0.277 e. The van der Waals surface area contributed by atoms with Gasteiger partial charge in [0.25, 0.3) is 11.5 Å². The van der Waals surface area contributed by atoms with E-state index < -0.39 is 11.5 Å². The summed E-state index contributed by atoms with van der Waals surface area (Å²) >= 11 is 0.952. The summed E-state index contributed by atoms with van der Waals surface area (Å²) in [5.41, 5.74) is 6.23. The third kappa shape index (κ3) is 6.76. The van der Waals surface area contributed by atoms with Gasteiger partial charge in [-0.2, -0.15) is 0 Å². The number of aromatic amines is 1. The molecule has 13 heteroatoms. The summed E-state index contributed by atoms with van der Waals surface area (Å²) in [5.74, 6) is -0.702. The van der Waals surface area contributed by atoms with Crippen LogP contribution >= 0.6 is 11.8 Å². The van der Waals surface area contributed by atoms with Crippen LogP contribution in [0.2, 0.25) is 0 Å². The molecule has 3 amide bonds. The van der Waals surface area contributed by atoms with Crippen LogP contribution in [0.15, 0.2) is 52.4 Å². The van der Waals surface area contributed by atoms with Crippen molar-refractivity contribution >= 4 is 52.4 Å². The quantitative estimate of drug-likeness (QED) is 0.213. The summed E-state index contributed by atoms with van der Waals surface area (Å²) in [6.45, 7) is 1.38. The number of amides is 3. The number of carbonyl (C=O) groups is 3. The number of H-pyrrole nitrogens is 1. The first-order chi connectivity index (χ1) is 17.2. The van der Waals surface area contributed by atoms with Crippen molar-refractivity contribution in [3.05, 3.63) is 58.4 Å². The molecule has 0 bridgehead atoms. The van der Waals surface area contributed by atoms with Crippen molar-refractivity contribution in [1.29, 1.82) is 0 Å². The van der Waals surface area contributed by atoms with Crippen molar-refractivity contribution in [1.82, 2.24) is 9.97 Å². The van der Waals surface area contributed by atoms with Gasteiger partial charge in [-0.25, -0.2) is 4.98 Å². The molecule has 2 aromatic carbocycles. The summed E-state index contributed by atoms with van der Waals surface area (Å²) in [4.78, 5) is 55.2. The summed E-state index contributed by atoms with van der Waals surface area (Å²) in [7, 11) is 2.91. The van der Waals surface area contributed by atoms with Crippen LogP contribution in [-0.4, -0.2) is 47.7 Å². The normalized spacial score (nSPS) is 10.3. The van der Waals surface area contributed by atoms with Crippen LogP contribution in [0, 0.1) is 0 Å². The molecule has 0 saturated carbocycles. The molecule has 0 radical (unpaired) electrons. The van der Waals surface area contributed by atoms with Gasteiger partial charge in [-0.1, -0.05) is 17.8 Å². The van der Waals surface area contributed by atoms with E-state index in [-0.39, 0.29) is 39.8 Å². The number of ether oxygens (including phenoxy) is 2. The Morgan fingerprint density at radius 2 is 1.69 bits per heavy atom. The minimum Gasteiger partial charge on any atom is -0.493 e. The molecule has 6 N–H and O–H groups in total. The lowest BCUT2D eigenvalue weighted by atomic mass is 10.2. The van der Waals surface area contributed by atoms with Crippen LogP contribution in [-0.2, 0) is 9.59 Å². The molecule has 0 atom stereocenters. The average molecular weight is 513 g/mol. The SMILES string of the molecule is COc1ccc(C(=O)Nc2c(N)nc(SCC(=O)Nc3cccc(NC(C)=O)c3)[nH]c2=O)cc1OC. The highest BCUT2D eigenvalue weighted by Crippen LogP contribution is 2.28. The number of anilines is 4. The molecule has 0 unspecified atom stereocenters. The lowest BCUT2D eigenvalue weighted by Crippen LogP contribution is -2.23. The van der Waals surface area contributed by atoms with E-state index in [1.807, 2.05) is 0 Å². The van der Waals surface area contributed by atoms with Crippen LogP contribution in [0.3, 0.4) is 0 Å². The number of hydrogen-bond acceptors (Lipinski definition) is 9. The number of thioether (sulfide) groups is 1. The molecule has 0 aliphatic carbocycles. The van der Waals surface area contributed by atoms with Crippen LogP contribution in [0.5, 0.6) is 11.5 Å². The van der Waals surface area contributed by atoms with Crippen molar-refractivity contribution in [2.24, 2.45) is 0 Å². The Morgan fingerprint density at radius 3 is 2.33 bits per heavy atom. The number of carbonyl (C=O) groups excluding carboxylic acids is 3. The molecule has 12 nitrogen and oxygen atoms in total. The van der Waals surface area contributed by atoms with Crippen LogP contribution in [0.1, 0.15) is 17.3 Å². The van der Waals surface area contributed by atoms with Gasteiger partial charge in [-0.3, -0.25) is 24.2 Å². The Hall–Kier alpha value is -4.52. The zero-order valence-electron chi connectivity index (χ0n) is 19.6. The fraction of sp³-hybridized carbons (Fsp3) is 0.174. The number of rotatable bonds is 9. The lowest BCUT2D eigenvalue weighted by Gasteiger charge is -2.11. The van der Waals surface area contributed by atoms with E-state index in [9.17, 15) is 19.2 Å². The Labute approximate surface area is 210 Å². The molecular formula is C23H24N6O6S. The molecule has 188 valence electrons. The second-order valence-electron chi connectivity index (χ2n) is 7.25. The van der Waals surface area contributed by atoms with Crippen molar-refractivity contribution in [3.63, 3.8) is 0 Å². The zero-order valence-corrected chi connectivity index (χ0v) is 20.4. The molecule has 1 heterocycles. The van der Waals surface area contributed by atoms with Gasteiger partial charge in [0, 0.05) is 23.9 Å². The first kappa shape index (κ1) is 26.1. The molecule has 0 saturated heterocycles. The van der Waals surface area contributed by atoms with Gasteiger partial charge in [-0.05, 0) is 36.4 Å². The molecule has 0 aliphatic rings. The molecule has 3 rings (SSSR count). The Balaban J connectivity index is 1.64. The average Bonchev–Trinajstić information content (AvgIpc) is 2.84. The van der Waals surface area contributed by atoms with Crippen LogP contribution < -0.4 is 36.7 Å². The van der Waals surface area contributed by atoms with Gasteiger partial charge in [0.1, 0.15) is 5.69 Å². The molecule has 0 spiro atoms. The van der Waals surface area contributed by atoms with Gasteiger partial charge in [0.15, 0.2) is 22.5 Å². The van der Waals surface area contributed by atoms with E-state index in [4.69, 9.17) is 15.2 Å². The van der Waals surface area contributed by atoms with E-state index in [1.165, 1.54) is 33.3 Å². The first-order valence-corrected chi connectivity index (χ1v) is 11.4. The van der Waals surface area contributed by atoms with Crippen LogP contribution in [0.25, 0.3) is 0 Å². The number of methoxy groups -OCH3 is 2. The number of nitrogens with one attached hydrogen (secondary N) is 4. The van der Waals surface area contributed by atoms with Gasteiger partial charge >= 0.3 is 0 Å². The standard InChI is InChI=1S/C23H24N6O6S/c1-12(30)25-14-5-4-6-15(10-14)26-18(31)11-36-23-28-20(24)19(22(33)29-23)27-21(32)13-7-8-16(34-2)17(9-13)35-3/h4-10H,11H2,1-3H3,(H,25,30)(H,26,31)(H,27,32)(H3,24,28,29,33). The second-order valence-corrected chi connectivity index (χ2v) is 8.22. The number of nitrogens with zero attached hydrogens (tertiary/aromatic N) is 1. The maximum absolute atomic E-state index is 12.6. The maximum atomic E-state index is 12.6. The highest BCUT2D eigenvalue weighted by atomic mass is 32.2. The van der Waals surface area contributed by atoms with Crippen molar-refractivity contribution in [2.45, 2.75) is 12.1 Å². The van der Waals surface area contributed by atoms with E-state index >= 15 is 0 Å². The van der Waals surface area contributed by atoms with Crippen molar-refractivity contribution in [2.75, 3.05) is 41.7 Å². The van der Waals surface area contributed by atoms with Gasteiger partial charge in [0.05, 0.1) is 20.0 Å². The van der Waals surface area contributed by atoms with E-state index in [0.29, 0.717) is 22.9 Å². The monoisotopic (exact) mass is 512 g/mol. The minimum atomic E-state index is -0.678. The highest BCUT2D eigenvalue weighted by Gasteiger charge is 2.16. The molecule has 1 aromatic heterocycles. The Bertz CT molecular complexity index is 1360. The van der Waals surface area contributed by atoms with Crippen LogP contribution in [0.4, 0.5) is 22.9 Å². The Morgan fingerprint density at radius 1 is 1.00 bits per heavy atom. The number of benzene rings is 2. The molecule has 36 heavy (non-hydrogen) atoms. The molecule has 3 aromatic rings.